The van der Waals surface area contributed by atoms with Crippen LogP contribution < -0.4 is 15.5 Å². The molecule has 0 aliphatic carbocycles. The Kier molecular flexibility index (Phi) is 8.19. The number of nitrogens with zero attached hydrogens (tertiary/aromatic N) is 2. The van der Waals surface area contributed by atoms with Crippen LogP contribution in [0, 0.1) is 0 Å². The Labute approximate surface area is 144 Å². The summed E-state index contributed by atoms with van der Waals surface area (Å²) >= 11 is 0. The monoisotopic (exact) mass is 400 g/mol. The number of anilines is 1. The highest BCUT2D eigenvalue weighted by Gasteiger charge is 2.23. The minimum absolute atomic E-state index is 0. The Hall–Kier alpha value is -1.24. The van der Waals surface area contributed by atoms with Crippen LogP contribution in [0.5, 0.6) is 0 Å². The van der Waals surface area contributed by atoms with Crippen molar-refractivity contribution in [3.8, 4) is 0 Å². The highest BCUT2D eigenvalue weighted by Crippen LogP contribution is 2.19. The van der Waals surface area contributed by atoms with Crippen LogP contribution in [0.1, 0.15) is 13.3 Å². The standard InChI is InChI=1S/C16H24N4.HI/c1-3-11-18-16(17-4-2)19-14-10-12-20(13-14)15-8-6-5-7-9-15;/h3,5-9,14H,1,4,10-13H2,2H3,(H2,17,18,19);1H. The van der Waals surface area contributed by atoms with Gasteiger partial charge in [-0.3, -0.25) is 0 Å². The van der Waals surface area contributed by atoms with Crippen molar-refractivity contribution in [2.45, 2.75) is 19.4 Å². The van der Waals surface area contributed by atoms with Gasteiger partial charge in [-0.1, -0.05) is 24.3 Å². The molecule has 2 N–H and O–H groups in total. The first kappa shape index (κ1) is 17.8. The molecular weight excluding hydrogens is 375 g/mol. The summed E-state index contributed by atoms with van der Waals surface area (Å²) in [6, 6.07) is 11.0. The average molecular weight is 400 g/mol. The quantitative estimate of drug-likeness (QED) is 0.346. The third-order valence-corrected chi connectivity index (χ3v) is 3.37. The van der Waals surface area contributed by atoms with E-state index in [2.05, 4.69) is 64.4 Å². The lowest BCUT2D eigenvalue weighted by atomic mass is 10.3. The number of aliphatic imine (C=N–C) groups is 1. The maximum Gasteiger partial charge on any atom is 0.191 e. The molecular formula is C16H25IN4. The van der Waals surface area contributed by atoms with Crippen molar-refractivity contribution >= 4 is 35.6 Å². The predicted octanol–water partition coefficient (Wildman–Crippen LogP) is 2.62. The molecule has 0 bridgehead atoms. The second-order valence-electron chi connectivity index (χ2n) is 4.92. The predicted molar refractivity (Wildman–Crippen MR) is 102 cm³/mol. The Morgan fingerprint density at radius 3 is 2.86 bits per heavy atom. The summed E-state index contributed by atoms with van der Waals surface area (Å²) in [4.78, 5) is 6.86. The smallest absolute Gasteiger partial charge is 0.191 e. The molecule has 1 unspecified atom stereocenters. The Bertz CT molecular complexity index is 447. The zero-order valence-electron chi connectivity index (χ0n) is 12.6. The molecule has 0 radical (unpaired) electrons. The molecule has 21 heavy (non-hydrogen) atoms. The molecule has 1 fully saturated rings. The number of guanidine groups is 1. The third kappa shape index (κ3) is 5.57. The van der Waals surface area contributed by atoms with Gasteiger partial charge in [-0.15, -0.1) is 30.6 Å². The van der Waals surface area contributed by atoms with Gasteiger partial charge in [0, 0.05) is 31.4 Å². The molecule has 4 nitrogen and oxygen atoms in total. The van der Waals surface area contributed by atoms with Gasteiger partial charge in [-0.05, 0) is 25.5 Å². The lowest BCUT2D eigenvalue weighted by molar-refractivity contribution is 0.651. The van der Waals surface area contributed by atoms with Crippen LogP contribution in [0.15, 0.2) is 48.0 Å². The highest BCUT2D eigenvalue weighted by atomic mass is 127. The maximum absolute atomic E-state index is 4.45. The molecule has 1 heterocycles. The van der Waals surface area contributed by atoms with E-state index < -0.39 is 0 Å². The van der Waals surface area contributed by atoms with Crippen LogP contribution in [0.3, 0.4) is 0 Å². The van der Waals surface area contributed by atoms with E-state index in [0.29, 0.717) is 12.6 Å². The van der Waals surface area contributed by atoms with Crippen LogP contribution >= 0.6 is 24.0 Å². The second kappa shape index (κ2) is 9.65. The van der Waals surface area contributed by atoms with Crippen LogP contribution in [-0.2, 0) is 0 Å². The van der Waals surface area contributed by atoms with Gasteiger partial charge in [-0.2, -0.15) is 0 Å². The molecule has 116 valence electrons. The molecule has 1 aliphatic heterocycles. The van der Waals surface area contributed by atoms with Crippen molar-refractivity contribution in [1.82, 2.24) is 10.6 Å². The van der Waals surface area contributed by atoms with E-state index in [-0.39, 0.29) is 24.0 Å². The fourth-order valence-electron chi connectivity index (χ4n) is 2.42. The first-order chi connectivity index (χ1) is 9.83. The van der Waals surface area contributed by atoms with Gasteiger partial charge in [-0.25, -0.2) is 4.99 Å². The molecule has 1 aromatic rings. The Balaban J connectivity index is 0.00000220. The minimum atomic E-state index is 0. The summed E-state index contributed by atoms with van der Waals surface area (Å²) in [5.74, 6) is 0.882. The van der Waals surface area contributed by atoms with E-state index in [1.165, 1.54) is 5.69 Å². The number of para-hydroxylation sites is 1. The summed E-state index contributed by atoms with van der Waals surface area (Å²) in [5, 5.41) is 6.77. The van der Waals surface area contributed by atoms with Gasteiger partial charge in [0.25, 0.3) is 0 Å². The van der Waals surface area contributed by atoms with E-state index >= 15 is 0 Å². The molecule has 1 atom stereocenters. The number of hydrogen-bond acceptors (Lipinski definition) is 2. The molecule has 2 rings (SSSR count). The normalized spacial score (nSPS) is 18.0. The van der Waals surface area contributed by atoms with Gasteiger partial charge >= 0.3 is 0 Å². The van der Waals surface area contributed by atoms with E-state index in [4.69, 9.17) is 0 Å². The summed E-state index contributed by atoms with van der Waals surface area (Å²) in [6.07, 6.45) is 2.94. The molecule has 0 saturated carbocycles. The number of nitrogens with one attached hydrogen (secondary N) is 2. The van der Waals surface area contributed by atoms with Crippen molar-refractivity contribution in [3.05, 3.63) is 43.0 Å². The molecule has 0 spiro atoms. The van der Waals surface area contributed by atoms with Crippen LogP contribution in [-0.4, -0.2) is 38.2 Å². The van der Waals surface area contributed by atoms with E-state index in [1.807, 2.05) is 6.08 Å². The highest BCUT2D eigenvalue weighted by molar-refractivity contribution is 14.0. The summed E-state index contributed by atoms with van der Waals surface area (Å²) in [5.41, 5.74) is 1.30. The molecule has 0 aromatic heterocycles. The van der Waals surface area contributed by atoms with Crippen molar-refractivity contribution in [1.29, 1.82) is 0 Å². The molecule has 1 saturated heterocycles. The van der Waals surface area contributed by atoms with Gasteiger partial charge in [0.05, 0.1) is 6.54 Å². The average Bonchev–Trinajstić information content (AvgIpc) is 2.94. The van der Waals surface area contributed by atoms with Crippen molar-refractivity contribution < 1.29 is 0 Å². The fraction of sp³-hybridized carbons (Fsp3) is 0.438. The number of halogens is 1. The largest absolute Gasteiger partial charge is 0.369 e. The van der Waals surface area contributed by atoms with Crippen molar-refractivity contribution in [3.63, 3.8) is 0 Å². The van der Waals surface area contributed by atoms with E-state index in [0.717, 1.165) is 32.0 Å². The first-order valence-electron chi connectivity index (χ1n) is 7.29. The zero-order chi connectivity index (χ0) is 14.2. The number of benzene rings is 1. The van der Waals surface area contributed by atoms with Crippen LogP contribution in [0.4, 0.5) is 5.69 Å². The van der Waals surface area contributed by atoms with Crippen LogP contribution in [0.25, 0.3) is 0 Å². The lowest BCUT2D eigenvalue weighted by Crippen LogP contribution is -2.44. The fourth-order valence-corrected chi connectivity index (χ4v) is 2.42. The number of hydrogen-bond donors (Lipinski definition) is 2. The van der Waals surface area contributed by atoms with Gasteiger partial charge in [0.15, 0.2) is 5.96 Å². The summed E-state index contributed by atoms with van der Waals surface area (Å²) in [6.45, 7) is 9.40. The summed E-state index contributed by atoms with van der Waals surface area (Å²) in [7, 11) is 0. The third-order valence-electron chi connectivity index (χ3n) is 3.37. The zero-order valence-corrected chi connectivity index (χ0v) is 14.9. The van der Waals surface area contributed by atoms with Gasteiger partial charge in [0.1, 0.15) is 0 Å². The topological polar surface area (TPSA) is 39.7 Å². The maximum atomic E-state index is 4.45. The Morgan fingerprint density at radius 2 is 2.19 bits per heavy atom. The lowest BCUT2D eigenvalue weighted by Gasteiger charge is -2.20. The molecule has 1 aliphatic rings. The second-order valence-corrected chi connectivity index (χ2v) is 4.92. The van der Waals surface area contributed by atoms with Crippen molar-refractivity contribution in [2.24, 2.45) is 4.99 Å². The molecule has 5 heteroatoms. The minimum Gasteiger partial charge on any atom is -0.369 e. The number of rotatable bonds is 5. The van der Waals surface area contributed by atoms with E-state index in [9.17, 15) is 0 Å². The first-order valence-corrected chi connectivity index (χ1v) is 7.29. The van der Waals surface area contributed by atoms with E-state index in [1.54, 1.807) is 0 Å². The van der Waals surface area contributed by atoms with Crippen LogP contribution in [0.2, 0.25) is 0 Å². The Morgan fingerprint density at radius 1 is 1.43 bits per heavy atom. The SMILES string of the molecule is C=CCN=C(NCC)NC1CCN(c2ccccc2)C1.I. The van der Waals surface area contributed by atoms with Crippen molar-refractivity contribution in [2.75, 3.05) is 31.1 Å². The van der Waals surface area contributed by atoms with Gasteiger partial charge < -0.3 is 15.5 Å². The van der Waals surface area contributed by atoms with Gasteiger partial charge in [0.2, 0.25) is 0 Å². The molecule has 0 amide bonds. The molecule has 1 aromatic carbocycles. The summed E-state index contributed by atoms with van der Waals surface area (Å²) < 4.78 is 0.